The van der Waals surface area contributed by atoms with Gasteiger partial charge in [-0.05, 0) is 52.3 Å². The Morgan fingerprint density at radius 2 is 2.07 bits per heavy atom. The fourth-order valence-corrected chi connectivity index (χ4v) is 3.56. The number of aliphatic imine (C=N–C) groups is 1. The number of nitrogens with zero attached hydrogens (tertiary/aromatic N) is 2. The Kier molecular flexibility index (Phi) is 11.7. The number of esters is 1. The quantitative estimate of drug-likeness (QED) is 0.161. The summed E-state index contributed by atoms with van der Waals surface area (Å²) in [7, 11) is 0. The maximum absolute atomic E-state index is 12.0. The number of hydrogen-bond donors (Lipinski definition) is 2. The van der Waals surface area contributed by atoms with Crippen LogP contribution in [-0.2, 0) is 4.74 Å². The lowest BCUT2D eigenvalue weighted by molar-refractivity contribution is 0.0531. The molecule has 7 nitrogen and oxygen atoms in total. The van der Waals surface area contributed by atoms with Gasteiger partial charge in [0.2, 0.25) is 0 Å². The molecule has 2 N–H and O–H groups in total. The highest BCUT2D eigenvalue weighted by molar-refractivity contribution is 14.0. The smallest absolute Gasteiger partial charge is 0.350 e. The van der Waals surface area contributed by atoms with Crippen LogP contribution in [0.15, 0.2) is 29.3 Å². The van der Waals surface area contributed by atoms with E-state index in [1.807, 2.05) is 52.0 Å². The van der Waals surface area contributed by atoms with E-state index < -0.39 is 0 Å². The van der Waals surface area contributed by atoms with Crippen molar-refractivity contribution in [2.75, 3.05) is 26.3 Å². The molecule has 1 aromatic heterocycles. The normalized spacial score (nSPS) is 12.0. The fourth-order valence-electron chi connectivity index (χ4n) is 2.60. The predicted molar refractivity (Wildman–Crippen MR) is 132 cm³/mol. The molecule has 9 heteroatoms. The van der Waals surface area contributed by atoms with E-state index in [4.69, 9.17) is 9.47 Å². The first-order valence-corrected chi connectivity index (χ1v) is 10.6. The summed E-state index contributed by atoms with van der Waals surface area (Å²) in [6.07, 6.45) is 0. The van der Waals surface area contributed by atoms with Crippen molar-refractivity contribution in [1.29, 1.82) is 0 Å². The summed E-state index contributed by atoms with van der Waals surface area (Å²) in [4.78, 5) is 21.6. The standard InChI is InChI=1S/C21H30N4O3S.HI/c1-6-22-21(23-11-12-28-17-10-8-9-14(3)13-17)25-16(5)19-24-15(4)18(29-19)20(26)27-7-2;/h8-10,13,16H,6-7,11-12H2,1-5H3,(H2,22,23,25);1H. The van der Waals surface area contributed by atoms with Gasteiger partial charge in [0.05, 0.1) is 24.9 Å². The number of nitrogens with one attached hydrogen (secondary N) is 2. The molecule has 2 aromatic rings. The summed E-state index contributed by atoms with van der Waals surface area (Å²) in [5.41, 5.74) is 1.85. The van der Waals surface area contributed by atoms with Crippen molar-refractivity contribution in [3.8, 4) is 5.75 Å². The Morgan fingerprint density at radius 1 is 1.30 bits per heavy atom. The number of aryl methyl sites for hydroxylation is 2. The van der Waals surface area contributed by atoms with Gasteiger partial charge in [0.15, 0.2) is 5.96 Å². The second kappa shape index (κ2) is 13.4. The minimum atomic E-state index is -0.324. The van der Waals surface area contributed by atoms with E-state index >= 15 is 0 Å². The first-order valence-electron chi connectivity index (χ1n) is 9.83. The zero-order valence-electron chi connectivity index (χ0n) is 18.2. The number of hydrogen-bond acceptors (Lipinski definition) is 6. The molecule has 2 rings (SSSR count). The molecule has 0 aliphatic rings. The van der Waals surface area contributed by atoms with Crippen LogP contribution in [0.25, 0.3) is 0 Å². The molecular formula is C21H31IN4O3S. The maximum atomic E-state index is 12.0. The lowest BCUT2D eigenvalue weighted by atomic mass is 10.2. The Hall–Kier alpha value is -1.88. The molecule has 166 valence electrons. The Morgan fingerprint density at radius 3 is 2.73 bits per heavy atom. The van der Waals surface area contributed by atoms with Gasteiger partial charge < -0.3 is 20.1 Å². The van der Waals surface area contributed by atoms with Gasteiger partial charge in [-0.3, -0.25) is 0 Å². The third kappa shape index (κ3) is 8.10. The van der Waals surface area contributed by atoms with Gasteiger partial charge in [-0.1, -0.05) is 12.1 Å². The van der Waals surface area contributed by atoms with Gasteiger partial charge in [0, 0.05) is 6.54 Å². The summed E-state index contributed by atoms with van der Waals surface area (Å²) in [6, 6.07) is 7.85. The van der Waals surface area contributed by atoms with Gasteiger partial charge in [-0.15, -0.1) is 35.3 Å². The molecule has 1 unspecified atom stereocenters. The topological polar surface area (TPSA) is 84.8 Å². The SMILES string of the molecule is CCNC(=NCCOc1cccc(C)c1)NC(C)c1nc(C)c(C(=O)OCC)s1.I. The first kappa shape index (κ1) is 26.2. The lowest BCUT2D eigenvalue weighted by Crippen LogP contribution is -2.39. The summed E-state index contributed by atoms with van der Waals surface area (Å²) >= 11 is 1.35. The van der Waals surface area contributed by atoms with E-state index in [-0.39, 0.29) is 36.0 Å². The van der Waals surface area contributed by atoms with Crippen LogP contribution in [0.5, 0.6) is 5.75 Å². The molecular weight excluding hydrogens is 515 g/mol. The lowest BCUT2D eigenvalue weighted by Gasteiger charge is -2.16. The van der Waals surface area contributed by atoms with Crippen LogP contribution < -0.4 is 15.4 Å². The van der Waals surface area contributed by atoms with E-state index in [0.717, 1.165) is 22.9 Å². The van der Waals surface area contributed by atoms with Crippen LogP contribution in [0.2, 0.25) is 0 Å². The molecule has 0 radical (unpaired) electrons. The largest absolute Gasteiger partial charge is 0.492 e. The first-order chi connectivity index (χ1) is 13.9. The van der Waals surface area contributed by atoms with E-state index in [1.165, 1.54) is 11.3 Å². The second-order valence-corrected chi connectivity index (χ2v) is 7.51. The molecule has 0 aliphatic heterocycles. The average Bonchev–Trinajstić information content (AvgIpc) is 3.07. The number of thiazole rings is 1. The molecule has 30 heavy (non-hydrogen) atoms. The molecule has 0 amide bonds. The van der Waals surface area contributed by atoms with Crippen molar-refractivity contribution >= 4 is 47.2 Å². The van der Waals surface area contributed by atoms with Crippen LogP contribution in [0.1, 0.15) is 52.7 Å². The number of ether oxygens (including phenoxy) is 2. The third-order valence-corrected chi connectivity index (χ3v) is 5.28. The number of benzene rings is 1. The van der Waals surface area contributed by atoms with E-state index in [2.05, 4.69) is 20.6 Å². The highest BCUT2D eigenvalue weighted by atomic mass is 127. The van der Waals surface area contributed by atoms with Crippen molar-refractivity contribution in [2.45, 2.75) is 40.7 Å². The Labute approximate surface area is 199 Å². The fraction of sp³-hybridized carbons (Fsp3) is 0.476. The van der Waals surface area contributed by atoms with Crippen molar-refractivity contribution in [2.24, 2.45) is 4.99 Å². The van der Waals surface area contributed by atoms with Crippen LogP contribution in [-0.4, -0.2) is 43.2 Å². The predicted octanol–water partition coefficient (Wildman–Crippen LogP) is 4.25. The van der Waals surface area contributed by atoms with Gasteiger partial charge in [-0.25, -0.2) is 14.8 Å². The number of guanidine groups is 1. The average molecular weight is 546 g/mol. The van der Waals surface area contributed by atoms with Crippen LogP contribution in [0, 0.1) is 13.8 Å². The zero-order valence-corrected chi connectivity index (χ0v) is 21.3. The van der Waals surface area contributed by atoms with Crippen LogP contribution in [0.4, 0.5) is 0 Å². The monoisotopic (exact) mass is 546 g/mol. The molecule has 1 atom stereocenters. The molecule has 1 aromatic carbocycles. The van der Waals surface area contributed by atoms with E-state index in [0.29, 0.717) is 36.3 Å². The minimum absolute atomic E-state index is 0. The van der Waals surface area contributed by atoms with Crippen molar-refractivity contribution in [1.82, 2.24) is 15.6 Å². The molecule has 0 saturated heterocycles. The van der Waals surface area contributed by atoms with Gasteiger partial charge in [0.25, 0.3) is 0 Å². The van der Waals surface area contributed by atoms with Crippen molar-refractivity contribution in [3.63, 3.8) is 0 Å². The summed E-state index contributed by atoms with van der Waals surface area (Å²) in [6.45, 7) is 11.7. The second-order valence-electron chi connectivity index (χ2n) is 6.48. The molecule has 0 aliphatic carbocycles. The summed E-state index contributed by atoms with van der Waals surface area (Å²) in [5, 5.41) is 7.37. The van der Waals surface area contributed by atoms with Gasteiger partial charge in [-0.2, -0.15) is 0 Å². The van der Waals surface area contributed by atoms with Gasteiger partial charge in [0.1, 0.15) is 22.2 Å². The number of carbonyl (C=O) groups excluding carboxylic acids is 1. The summed E-state index contributed by atoms with van der Waals surface area (Å²) < 4.78 is 10.8. The Balaban J connectivity index is 0.00000450. The number of carbonyl (C=O) groups is 1. The van der Waals surface area contributed by atoms with Crippen LogP contribution in [0.3, 0.4) is 0 Å². The molecule has 1 heterocycles. The number of halogens is 1. The van der Waals surface area contributed by atoms with Crippen molar-refractivity contribution in [3.05, 3.63) is 45.4 Å². The molecule has 0 bridgehead atoms. The third-order valence-electron chi connectivity index (χ3n) is 3.96. The molecule has 0 fully saturated rings. The number of aromatic nitrogens is 1. The Bertz CT molecular complexity index is 841. The van der Waals surface area contributed by atoms with E-state index in [1.54, 1.807) is 6.92 Å². The molecule has 0 spiro atoms. The highest BCUT2D eigenvalue weighted by Gasteiger charge is 2.20. The molecule has 0 saturated carbocycles. The zero-order chi connectivity index (χ0) is 21.2. The van der Waals surface area contributed by atoms with E-state index in [9.17, 15) is 4.79 Å². The number of rotatable bonds is 9. The van der Waals surface area contributed by atoms with Crippen molar-refractivity contribution < 1.29 is 14.3 Å². The highest BCUT2D eigenvalue weighted by Crippen LogP contribution is 2.24. The van der Waals surface area contributed by atoms with Crippen LogP contribution >= 0.6 is 35.3 Å². The van der Waals surface area contributed by atoms with Gasteiger partial charge >= 0.3 is 5.97 Å². The summed E-state index contributed by atoms with van der Waals surface area (Å²) in [5.74, 6) is 1.20. The maximum Gasteiger partial charge on any atom is 0.350 e. The minimum Gasteiger partial charge on any atom is -0.492 e.